The first-order valence-corrected chi connectivity index (χ1v) is 6.25. The highest BCUT2D eigenvalue weighted by Gasteiger charge is 2.06. The summed E-state index contributed by atoms with van der Waals surface area (Å²) in [6.45, 7) is 6.65. The smallest absolute Gasteiger partial charge is 0.238 e. The Morgan fingerprint density at radius 1 is 1.18 bits per heavy atom. The van der Waals surface area contributed by atoms with Crippen molar-refractivity contribution in [1.29, 1.82) is 0 Å². The van der Waals surface area contributed by atoms with Gasteiger partial charge in [-0.15, -0.1) is 0 Å². The number of benzene rings is 1. The number of hydrogen-bond donors (Lipinski definition) is 2. The van der Waals surface area contributed by atoms with Crippen molar-refractivity contribution in [3.05, 3.63) is 29.8 Å². The van der Waals surface area contributed by atoms with Crippen LogP contribution in [-0.2, 0) is 4.79 Å². The van der Waals surface area contributed by atoms with Crippen molar-refractivity contribution in [3.8, 4) is 0 Å². The van der Waals surface area contributed by atoms with Crippen LogP contribution in [0.1, 0.15) is 32.3 Å². The lowest BCUT2D eigenvalue weighted by molar-refractivity contribution is -0.115. The lowest BCUT2D eigenvalue weighted by Crippen LogP contribution is -2.35. The molecule has 94 valence electrons. The Hall–Kier alpha value is -1.35. The molecular weight excluding hydrogens is 212 g/mol. The third-order valence-electron chi connectivity index (χ3n) is 2.87. The number of aryl methyl sites for hydroxylation is 1. The van der Waals surface area contributed by atoms with Crippen molar-refractivity contribution >= 4 is 11.6 Å². The largest absolute Gasteiger partial charge is 0.325 e. The molecule has 0 atom stereocenters. The van der Waals surface area contributed by atoms with Crippen LogP contribution in [0.25, 0.3) is 0 Å². The number of carbonyl (C=O) groups is 1. The van der Waals surface area contributed by atoms with Gasteiger partial charge in [0.2, 0.25) is 5.91 Å². The van der Waals surface area contributed by atoms with E-state index < -0.39 is 0 Å². The van der Waals surface area contributed by atoms with Gasteiger partial charge in [-0.25, -0.2) is 0 Å². The van der Waals surface area contributed by atoms with E-state index in [1.54, 1.807) is 0 Å². The van der Waals surface area contributed by atoms with Crippen molar-refractivity contribution < 1.29 is 4.79 Å². The minimum absolute atomic E-state index is 0.0146. The molecule has 0 saturated heterocycles. The van der Waals surface area contributed by atoms with Crippen LogP contribution in [0.3, 0.4) is 0 Å². The highest BCUT2D eigenvalue weighted by atomic mass is 16.1. The van der Waals surface area contributed by atoms with E-state index in [1.165, 1.54) is 5.56 Å². The van der Waals surface area contributed by atoms with Crippen molar-refractivity contribution in [2.24, 2.45) is 0 Å². The number of nitrogens with one attached hydrogen (secondary N) is 2. The fourth-order valence-electron chi connectivity index (χ4n) is 1.66. The molecule has 0 aliphatic carbocycles. The van der Waals surface area contributed by atoms with Gasteiger partial charge in [-0.3, -0.25) is 4.79 Å². The van der Waals surface area contributed by atoms with E-state index in [1.807, 2.05) is 31.2 Å². The molecule has 0 fully saturated rings. The molecule has 0 saturated carbocycles. The summed E-state index contributed by atoms with van der Waals surface area (Å²) in [5.41, 5.74) is 2.05. The van der Waals surface area contributed by atoms with Crippen molar-refractivity contribution in [2.75, 3.05) is 11.9 Å². The van der Waals surface area contributed by atoms with Crippen LogP contribution < -0.4 is 10.6 Å². The Kier molecular flexibility index (Phi) is 5.70. The molecule has 1 aromatic carbocycles. The number of amides is 1. The fourth-order valence-corrected chi connectivity index (χ4v) is 1.66. The Bertz CT molecular complexity index is 342. The molecule has 3 heteroatoms. The van der Waals surface area contributed by atoms with Gasteiger partial charge in [-0.05, 0) is 31.9 Å². The Balaban J connectivity index is 2.37. The van der Waals surface area contributed by atoms with E-state index in [0.717, 1.165) is 18.5 Å². The van der Waals surface area contributed by atoms with E-state index in [9.17, 15) is 4.79 Å². The van der Waals surface area contributed by atoms with Gasteiger partial charge in [0.25, 0.3) is 0 Å². The average molecular weight is 234 g/mol. The molecule has 0 unspecified atom stereocenters. The van der Waals surface area contributed by atoms with Crippen LogP contribution in [0.5, 0.6) is 0 Å². The zero-order valence-corrected chi connectivity index (χ0v) is 10.9. The lowest BCUT2D eigenvalue weighted by atomic mass is 10.2. The molecule has 1 rings (SSSR count). The first-order valence-electron chi connectivity index (χ1n) is 6.25. The number of carbonyl (C=O) groups excluding carboxylic acids is 1. The number of anilines is 1. The maximum absolute atomic E-state index is 11.7. The predicted molar refractivity (Wildman–Crippen MR) is 72.2 cm³/mol. The summed E-state index contributed by atoms with van der Waals surface area (Å²) in [7, 11) is 0. The molecule has 1 amide bonds. The molecular formula is C14H22N2O. The molecule has 3 nitrogen and oxygen atoms in total. The summed E-state index contributed by atoms with van der Waals surface area (Å²) in [4.78, 5) is 11.7. The van der Waals surface area contributed by atoms with E-state index in [4.69, 9.17) is 0 Å². The van der Waals surface area contributed by atoms with Crippen LogP contribution in [0, 0.1) is 6.92 Å². The number of hydrogen-bond acceptors (Lipinski definition) is 2. The second kappa shape index (κ2) is 7.07. The van der Waals surface area contributed by atoms with Crippen molar-refractivity contribution in [3.63, 3.8) is 0 Å². The third-order valence-corrected chi connectivity index (χ3v) is 2.87. The van der Waals surface area contributed by atoms with Crippen LogP contribution in [0.2, 0.25) is 0 Å². The monoisotopic (exact) mass is 234 g/mol. The SMILES string of the molecule is CCC(CC)NCC(=O)Nc1ccc(C)cc1. The van der Waals surface area contributed by atoms with Crippen LogP contribution >= 0.6 is 0 Å². The molecule has 0 aromatic heterocycles. The van der Waals surface area contributed by atoms with E-state index >= 15 is 0 Å². The molecule has 17 heavy (non-hydrogen) atoms. The summed E-state index contributed by atoms with van der Waals surface area (Å²) in [6.07, 6.45) is 2.10. The minimum Gasteiger partial charge on any atom is -0.325 e. The standard InChI is InChI=1S/C14H22N2O/c1-4-12(5-2)15-10-14(17)16-13-8-6-11(3)7-9-13/h6-9,12,15H,4-5,10H2,1-3H3,(H,16,17). The molecule has 0 aliphatic heterocycles. The summed E-state index contributed by atoms with van der Waals surface area (Å²) < 4.78 is 0. The van der Waals surface area contributed by atoms with E-state index in [2.05, 4.69) is 24.5 Å². The van der Waals surface area contributed by atoms with Crippen molar-refractivity contribution in [1.82, 2.24) is 5.32 Å². The quantitative estimate of drug-likeness (QED) is 0.794. The zero-order valence-electron chi connectivity index (χ0n) is 10.9. The van der Waals surface area contributed by atoms with E-state index in [0.29, 0.717) is 12.6 Å². The highest BCUT2D eigenvalue weighted by Crippen LogP contribution is 2.08. The Morgan fingerprint density at radius 2 is 1.76 bits per heavy atom. The fraction of sp³-hybridized carbons (Fsp3) is 0.500. The summed E-state index contributed by atoms with van der Waals surface area (Å²) >= 11 is 0. The second-order valence-electron chi connectivity index (χ2n) is 4.31. The second-order valence-corrected chi connectivity index (χ2v) is 4.31. The lowest BCUT2D eigenvalue weighted by Gasteiger charge is -2.14. The maximum atomic E-state index is 11.7. The summed E-state index contributed by atoms with van der Waals surface area (Å²) in [6, 6.07) is 8.25. The molecule has 0 spiro atoms. The van der Waals surface area contributed by atoms with Gasteiger partial charge >= 0.3 is 0 Å². The Labute approximate surface area is 104 Å². The van der Waals surface area contributed by atoms with Gasteiger partial charge in [-0.1, -0.05) is 31.5 Å². The molecule has 0 bridgehead atoms. The van der Waals surface area contributed by atoms with Crippen molar-refractivity contribution in [2.45, 2.75) is 39.7 Å². The topological polar surface area (TPSA) is 41.1 Å². The molecule has 0 heterocycles. The summed E-state index contributed by atoms with van der Waals surface area (Å²) in [5.74, 6) is 0.0146. The first kappa shape index (κ1) is 13.7. The predicted octanol–water partition coefficient (Wildman–Crippen LogP) is 2.71. The van der Waals surface area contributed by atoms with Gasteiger partial charge in [0.15, 0.2) is 0 Å². The maximum Gasteiger partial charge on any atom is 0.238 e. The Morgan fingerprint density at radius 3 is 2.29 bits per heavy atom. The molecule has 0 radical (unpaired) electrons. The minimum atomic E-state index is 0.0146. The molecule has 0 aliphatic rings. The van der Waals surface area contributed by atoms with Gasteiger partial charge in [0.05, 0.1) is 6.54 Å². The first-order chi connectivity index (χ1) is 8.15. The van der Waals surface area contributed by atoms with Gasteiger partial charge < -0.3 is 10.6 Å². The summed E-state index contributed by atoms with van der Waals surface area (Å²) in [5, 5.41) is 6.11. The van der Waals surface area contributed by atoms with Crippen LogP contribution in [0.15, 0.2) is 24.3 Å². The zero-order chi connectivity index (χ0) is 12.7. The molecule has 1 aromatic rings. The van der Waals surface area contributed by atoms with Gasteiger partial charge in [0, 0.05) is 11.7 Å². The van der Waals surface area contributed by atoms with Gasteiger partial charge in [-0.2, -0.15) is 0 Å². The number of rotatable bonds is 6. The van der Waals surface area contributed by atoms with Crippen LogP contribution in [0.4, 0.5) is 5.69 Å². The van der Waals surface area contributed by atoms with Gasteiger partial charge in [0.1, 0.15) is 0 Å². The third kappa shape index (κ3) is 5.00. The normalized spacial score (nSPS) is 10.6. The van der Waals surface area contributed by atoms with Crippen LogP contribution in [-0.4, -0.2) is 18.5 Å². The average Bonchev–Trinajstić information content (AvgIpc) is 2.33. The van der Waals surface area contributed by atoms with E-state index in [-0.39, 0.29) is 5.91 Å². The molecule has 2 N–H and O–H groups in total. The highest BCUT2D eigenvalue weighted by molar-refractivity contribution is 5.92.